The van der Waals surface area contributed by atoms with Gasteiger partial charge in [0.15, 0.2) is 0 Å². The molecule has 1 aliphatic heterocycles. The third kappa shape index (κ3) is 4.70. The van der Waals surface area contributed by atoms with Crippen LogP contribution in [0.25, 0.3) is 55.0 Å². The zero-order valence-corrected chi connectivity index (χ0v) is 29.3. The molecule has 1 aliphatic rings. The third-order valence-corrected chi connectivity index (χ3v) is 10.7. The number of aromatic nitrogens is 2. The molecule has 2 aromatic heterocycles. The Kier molecular flexibility index (Phi) is 6.82. The molecule has 0 bridgehead atoms. The van der Waals surface area contributed by atoms with Gasteiger partial charge in [0.05, 0.1) is 44.9 Å². The fraction of sp³-hybridized carbons (Fsp3) is 0. The van der Waals surface area contributed by atoms with Crippen LogP contribution in [-0.2, 0) is 0 Å². The summed E-state index contributed by atoms with van der Waals surface area (Å²) in [5.41, 5.74) is 14.6. The van der Waals surface area contributed by atoms with Gasteiger partial charge in [-0.1, -0.05) is 121 Å². The van der Waals surface area contributed by atoms with Crippen molar-refractivity contribution in [2.45, 2.75) is 0 Å². The van der Waals surface area contributed by atoms with Gasteiger partial charge in [-0.3, -0.25) is 0 Å². The maximum atomic E-state index is 5.52. The summed E-state index contributed by atoms with van der Waals surface area (Å²) in [6, 6.07) is 68.8. The summed E-state index contributed by atoms with van der Waals surface area (Å²) in [4.78, 5) is 11.0. The minimum atomic E-state index is 0.888. The predicted octanol–water partition coefficient (Wildman–Crippen LogP) is 12.5. The number of benzene rings is 8. The van der Waals surface area contributed by atoms with Gasteiger partial charge >= 0.3 is 0 Å². The first kappa shape index (κ1) is 30.3. The summed E-state index contributed by atoms with van der Waals surface area (Å²) in [5, 5.41) is 4.80. The molecule has 11 rings (SSSR count). The maximum absolute atomic E-state index is 5.52. The van der Waals surface area contributed by atoms with Gasteiger partial charge in [0.2, 0.25) is 0 Å². The van der Waals surface area contributed by atoms with Gasteiger partial charge in [-0.25, -0.2) is 9.98 Å². The monoisotopic (exact) mass is 688 g/mol. The van der Waals surface area contributed by atoms with Crippen LogP contribution >= 0.6 is 0 Å². The molecule has 0 saturated heterocycles. The van der Waals surface area contributed by atoms with E-state index in [1.807, 2.05) is 0 Å². The summed E-state index contributed by atoms with van der Waals surface area (Å²) in [6.07, 6.45) is 0. The van der Waals surface area contributed by atoms with Gasteiger partial charge in [0, 0.05) is 55.2 Å². The van der Waals surface area contributed by atoms with Gasteiger partial charge in [0.1, 0.15) is 0 Å². The molecule has 0 aliphatic carbocycles. The maximum Gasteiger partial charge on any atom is 0.0803 e. The van der Waals surface area contributed by atoms with Crippen molar-refractivity contribution in [2.24, 2.45) is 9.98 Å². The van der Waals surface area contributed by atoms with E-state index in [1.165, 1.54) is 32.6 Å². The highest BCUT2D eigenvalue weighted by molar-refractivity contribution is 6.25. The fourth-order valence-corrected chi connectivity index (χ4v) is 8.30. The molecule has 0 radical (unpaired) electrons. The number of hydrogen-bond acceptors (Lipinski definition) is 2. The Balaban J connectivity index is 1.11. The van der Waals surface area contributed by atoms with Gasteiger partial charge < -0.3 is 9.13 Å². The molecule has 3 heterocycles. The lowest BCUT2D eigenvalue weighted by atomic mass is 9.94. The van der Waals surface area contributed by atoms with Crippen LogP contribution in [0.1, 0.15) is 22.3 Å². The molecule has 0 saturated carbocycles. The Morgan fingerprint density at radius 2 is 0.667 bits per heavy atom. The van der Waals surface area contributed by atoms with E-state index in [-0.39, 0.29) is 0 Å². The summed E-state index contributed by atoms with van der Waals surface area (Å²) in [7, 11) is 0. The Morgan fingerprint density at radius 3 is 1.13 bits per heavy atom. The second-order valence-corrected chi connectivity index (χ2v) is 13.8. The quantitative estimate of drug-likeness (QED) is 0.176. The summed E-state index contributed by atoms with van der Waals surface area (Å²) < 4.78 is 4.70. The SMILES string of the molecule is c1ccc(-n2c3ccccc3c3cc(C4=Nc5ccccc5C(c5ccc6c(c5)c5ccccc5n6-c5ccccc5)=Nc5ccccc54)ccc32)cc1. The lowest BCUT2D eigenvalue weighted by molar-refractivity contribution is 1.18. The topological polar surface area (TPSA) is 34.6 Å². The molecule has 10 aromatic rings. The van der Waals surface area contributed by atoms with Gasteiger partial charge in [0.25, 0.3) is 0 Å². The van der Waals surface area contributed by atoms with Crippen molar-refractivity contribution in [3.63, 3.8) is 0 Å². The molecular formula is C50H32N4. The average molecular weight is 689 g/mol. The van der Waals surface area contributed by atoms with Crippen molar-refractivity contribution < 1.29 is 0 Å². The van der Waals surface area contributed by atoms with Crippen molar-refractivity contribution in [2.75, 3.05) is 0 Å². The van der Waals surface area contributed by atoms with Crippen molar-refractivity contribution in [1.29, 1.82) is 0 Å². The van der Waals surface area contributed by atoms with Crippen LogP contribution in [-0.4, -0.2) is 20.6 Å². The van der Waals surface area contributed by atoms with Crippen LogP contribution in [0.5, 0.6) is 0 Å². The number of hydrogen-bond donors (Lipinski definition) is 0. The molecule has 54 heavy (non-hydrogen) atoms. The summed E-state index contributed by atoms with van der Waals surface area (Å²) >= 11 is 0. The molecule has 0 spiro atoms. The largest absolute Gasteiger partial charge is 0.309 e. The first-order chi connectivity index (χ1) is 26.8. The minimum absolute atomic E-state index is 0.888. The second kappa shape index (κ2) is 12.1. The van der Waals surface area contributed by atoms with E-state index in [0.717, 1.165) is 67.5 Å². The Bertz CT molecular complexity index is 2930. The lowest BCUT2D eigenvalue weighted by Crippen LogP contribution is -2.10. The number of para-hydroxylation sites is 6. The molecule has 4 nitrogen and oxygen atoms in total. The van der Waals surface area contributed by atoms with Crippen LogP contribution in [0.2, 0.25) is 0 Å². The van der Waals surface area contributed by atoms with E-state index in [0.29, 0.717) is 0 Å². The lowest BCUT2D eigenvalue weighted by Gasteiger charge is -2.18. The summed E-state index contributed by atoms with van der Waals surface area (Å²) in [6.45, 7) is 0. The third-order valence-electron chi connectivity index (χ3n) is 10.7. The molecule has 252 valence electrons. The zero-order chi connectivity index (χ0) is 35.6. The van der Waals surface area contributed by atoms with Crippen LogP contribution < -0.4 is 0 Å². The van der Waals surface area contributed by atoms with Crippen LogP contribution in [0, 0.1) is 0 Å². The van der Waals surface area contributed by atoms with E-state index < -0.39 is 0 Å². The molecule has 0 fully saturated rings. The number of aliphatic imine (C=N–C) groups is 2. The van der Waals surface area contributed by atoms with Gasteiger partial charge in [-0.05, 0) is 72.8 Å². The standard InChI is InChI=1S/C50H32N4/c1-3-15-35(16-4-1)53-45-25-13-9-19-37(45)41-31-33(27-29-47(41)53)49-39-21-7-11-23-43(39)52-50(40-22-8-12-24-44(40)51-49)34-28-30-48-42(32-34)38-20-10-14-26-46(38)54(48)36-17-5-2-6-18-36/h1-32H. The Hall–Kier alpha value is -7.30. The number of fused-ring (bicyclic) bond motifs is 8. The normalized spacial score (nSPS) is 12.7. The van der Waals surface area contributed by atoms with E-state index in [4.69, 9.17) is 9.98 Å². The highest BCUT2D eigenvalue weighted by Gasteiger charge is 2.22. The molecule has 0 atom stereocenters. The zero-order valence-electron chi connectivity index (χ0n) is 29.3. The molecule has 8 aromatic carbocycles. The minimum Gasteiger partial charge on any atom is -0.309 e. The predicted molar refractivity (Wildman–Crippen MR) is 225 cm³/mol. The van der Waals surface area contributed by atoms with Crippen molar-refractivity contribution in [3.05, 3.63) is 216 Å². The molecular weight excluding hydrogens is 657 g/mol. The van der Waals surface area contributed by atoms with Crippen molar-refractivity contribution in [1.82, 2.24) is 9.13 Å². The highest BCUT2D eigenvalue weighted by atomic mass is 15.0. The first-order valence-electron chi connectivity index (χ1n) is 18.3. The Labute approximate surface area is 312 Å². The van der Waals surface area contributed by atoms with E-state index in [1.54, 1.807) is 0 Å². The van der Waals surface area contributed by atoms with E-state index >= 15 is 0 Å². The van der Waals surface area contributed by atoms with Crippen LogP contribution in [0.4, 0.5) is 11.4 Å². The Morgan fingerprint density at radius 1 is 0.296 bits per heavy atom. The van der Waals surface area contributed by atoms with Crippen LogP contribution in [0.15, 0.2) is 204 Å². The molecule has 0 N–H and O–H groups in total. The van der Waals surface area contributed by atoms with E-state index in [2.05, 4.69) is 203 Å². The second-order valence-electron chi connectivity index (χ2n) is 13.8. The average Bonchev–Trinajstić information content (AvgIpc) is 3.74. The molecule has 0 amide bonds. The van der Waals surface area contributed by atoms with Crippen molar-refractivity contribution >= 4 is 66.4 Å². The fourth-order valence-electron chi connectivity index (χ4n) is 8.30. The van der Waals surface area contributed by atoms with Crippen LogP contribution in [0.3, 0.4) is 0 Å². The number of nitrogens with zero attached hydrogens (tertiary/aromatic N) is 4. The van der Waals surface area contributed by atoms with Gasteiger partial charge in [-0.15, -0.1) is 0 Å². The first-order valence-corrected chi connectivity index (χ1v) is 18.3. The smallest absolute Gasteiger partial charge is 0.0803 e. The molecule has 4 heteroatoms. The van der Waals surface area contributed by atoms with Crippen molar-refractivity contribution in [3.8, 4) is 11.4 Å². The summed E-state index contributed by atoms with van der Waals surface area (Å²) in [5.74, 6) is 0. The van der Waals surface area contributed by atoms with Gasteiger partial charge in [-0.2, -0.15) is 0 Å². The highest BCUT2D eigenvalue weighted by Crippen LogP contribution is 2.38. The van der Waals surface area contributed by atoms with E-state index in [9.17, 15) is 0 Å². The number of rotatable bonds is 4. The molecule has 0 unspecified atom stereocenters.